The fraction of sp³-hybridized carbons (Fsp3) is 0.0323. The lowest BCUT2D eigenvalue weighted by Crippen LogP contribution is -2.32. The minimum absolute atomic E-state index is 0.289. The molecule has 4 aromatic carbocycles. The number of hydrogen-bond acceptors (Lipinski definition) is 1. The van der Waals surface area contributed by atoms with Crippen LogP contribution in [0, 0.1) is 0 Å². The zero-order valence-electron chi connectivity index (χ0n) is 18.7. The van der Waals surface area contributed by atoms with Crippen molar-refractivity contribution in [3.8, 4) is 5.75 Å². The zero-order valence-corrected chi connectivity index (χ0v) is 19.6. The zero-order chi connectivity index (χ0) is 23.3. The molecule has 0 saturated carbocycles. The highest BCUT2D eigenvalue weighted by Gasteiger charge is 2.45. The fourth-order valence-corrected chi connectivity index (χ4v) is 8.41. The van der Waals surface area contributed by atoms with Crippen molar-refractivity contribution in [1.82, 2.24) is 0 Å². The maximum Gasteiger partial charge on any atom is 0.116 e. The van der Waals surface area contributed by atoms with Gasteiger partial charge in [0, 0.05) is 0 Å². The summed E-state index contributed by atoms with van der Waals surface area (Å²) in [7, 11) is -2.10. The molecule has 1 N–H and O–H groups in total. The fourth-order valence-electron chi connectivity index (χ4n) is 4.24. The van der Waals surface area contributed by atoms with E-state index in [0.29, 0.717) is 0 Å². The molecule has 4 aromatic rings. The van der Waals surface area contributed by atoms with E-state index in [9.17, 15) is 5.11 Å². The smallest absolute Gasteiger partial charge is 0.116 e. The molecule has 162 valence electrons. The predicted octanol–water partition coefficient (Wildman–Crippen LogP) is 6.82. The first-order chi connectivity index (χ1) is 16.1. The summed E-state index contributed by atoms with van der Waals surface area (Å²) in [5.41, 5.74) is 4.39. The molecule has 0 aliphatic heterocycles. The Labute approximate surface area is 197 Å². The normalized spacial score (nSPS) is 11.0. The summed E-state index contributed by atoms with van der Waals surface area (Å²) in [4.78, 5) is 0. The third-order valence-corrected chi connectivity index (χ3v) is 10.4. The Morgan fingerprint density at radius 2 is 0.970 bits per heavy atom. The number of benzene rings is 4. The third-order valence-electron chi connectivity index (χ3n) is 6.04. The van der Waals surface area contributed by atoms with Gasteiger partial charge in [-0.15, -0.1) is 0 Å². The van der Waals surface area contributed by atoms with Crippen molar-refractivity contribution in [2.24, 2.45) is 0 Å². The van der Waals surface area contributed by atoms with Gasteiger partial charge in [-0.05, 0) is 70.8 Å². The van der Waals surface area contributed by atoms with Crippen LogP contribution in [-0.2, 0) is 6.16 Å². The van der Waals surface area contributed by atoms with Gasteiger partial charge in [0.1, 0.15) is 28.9 Å². The van der Waals surface area contributed by atoms with E-state index in [0.717, 1.165) is 28.4 Å². The van der Waals surface area contributed by atoms with Gasteiger partial charge in [0.05, 0.1) is 6.16 Å². The quantitative estimate of drug-likeness (QED) is 0.294. The molecule has 33 heavy (non-hydrogen) atoms. The number of phenolic OH excluding ortho intramolecular Hbond substituents is 1. The highest BCUT2D eigenvalue weighted by Crippen LogP contribution is 2.58. The number of phenols is 1. The van der Waals surface area contributed by atoms with E-state index in [1.807, 2.05) is 30.4 Å². The molecule has 0 aromatic heterocycles. The summed E-state index contributed by atoms with van der Waals surface area (Å²) in [5.74, 6) is 0.289. The summed E-state index contributed by atoms with van der Waals surface area (Å²) < 4.78 is 0. The summed E-state index contributed by atoms with van der Waals surface area (Å²) in [5, 5.41) is 14.1. The van der Waals surface area contributed by atoms with Gasteiger partial charge in [0.15, 0.2) is 0 Å². The van der Waals surface area contributed by atoms with Crippen molar-refractivity contribution in [3.63, 3.8) is 0 Å². The van der Waals surface area contributed by atoms with Gasteiger partial charge in [-0.1, -0.05) is 86.5 Å². The molecular weight excluding hydrogens is 419 g/mol. The van der Waals surface area contributed by atoms with Crippen LogP contribution in [0.1, 0.15) is 22.3 Å². The Bertz CT molecular complexity index is 1140. The van der Waals surface area contributed by atoms with Crippen molar-refractivity contribution >= 4 is 41.4 Å². The van der Waals surface area contributed by atoms with Crippen LogP contribution in [0.25, 0.3) is 18.2 Å². The van der Waals surface area contributed by atoms with E-state index in [1.165, 1.54) is 15.9 Å². The second-order valence-electron chi connectivity index (χ2n) is 8.02. The first-order valence-corrected chi connectivity index (χ1v) is 12.9. The van der Waals surface area contributed by atoms with Crippen molar-refractivity contribution in [2.75, 3.05) is 0 Å². The average Bonchev–Trinajstić information content (AvgIpc) is 2.87. The second kappa shape index (κ2) is 9.86. The van der Waals surface area contributed by atoms with Crippen LogP contribution >= 0.6 is 7.26 Å². The van der Waals surface area contributed by atoms with Crippen molar-refractivity contribution in [2.45, 2.75) is 6.16 Å². The van der Waals surface area contributed by atoms with Gasteiger partial charge in [-0.3, -0.25) is 0 Å². The van der Waals surface area contributed by atoms with Crippen LogP contribution in [0.2, 0.25) is 0 Å². The molecule has 0 fully saturated rings. The third kappa shape index (κ3) is 4.60. The van der Waals surface area contributed by atoms with Crippen LogP contribution in [0.5, 0.6) is 5.75 Å². The van der Waals surface area contributed by atoms with E-state index in [-0.39, 0.29) is 5.75 Å². The largest absolute Gasteiger partial charge is 0.508 e. The Morgan fingerprint density at radius 3 is 1.30 bits per heavy atom. The van der Waals surface area contributed by atoms with Gasteiger partial charge >= 0.3 is 0 Å². The standard InChI is InChI=1S/C31H27OP/c1-4-24-10-16-29(17-11-24)33(23-27-8-7-9-28(32)22-27,30-18-12-25(5-2)13-19-30)31-20-14-26(6-3)15-21-31/h4-22H,1-3,23H2/p+1. The molecule has 0 radical (unpaired) electrons. The predicted molar refractivity (Wildman–Crippen MR) is 147 cm³/mol. The monoisotopic (exact) mass is 447 g/mol. The van der Waals surface area contributed by atoms with E-state index in [2.05, 4.69) is 98.6 Å². The lowest BCUT2D eigenvalue weighted by molar-refractivity contribution is 0.475. The molecule has 2 heteroatoms. The minimum Gasteiger partial charge on any atom is -0.508 e. The van der Waals surface area contributed by atoms with Crippen LogP contribution in [0.15, 0.2) is 117 Å². The van der Waals surface area contributed by atoms with Crippen LogP contribution in [0.3, 0.4) is 0 Å². The van der Waals surface area contributed by atoms with Gasteiger partial charge in [0.25, 0.3) is 0 Å². The van der Waals surface area contributed by atoms with Gasteiger partial charge in [0.2, 0.25) is 0 Å². The van der Waals surface area contributed by atoms with Crippen molar-refractivity contribution < 1.29 is 5.11 Å². The molecule has 0 saturated heterocycles. The highest BCUT2D eigenvalue weighted by molar-refractivity contribution is 7.95. The summed E-state index contributed by atoms with van der Waals surface area (Å²) in [6.07, 6.45) is 6.42. The Kier molecular flexibility index (Phi) is 6.73. The first kappa shape index (κ1) is 22.5. The maximum absolute atomic E-state index is 10.2. The molecule has 0 aliphatic rings. The average molecular weight is 448 g/mol. The number of aromatic hydroxyl groups is 1. The minimum atomic E-state index is -2.10. The lowest BCUT2D eigenvalue weighted by atomic mass is 10.2. The maximum atomic E-state index is 10.2. The van der Waals surface area contributed by atoms with Crippen LogP contribution in [-0.4, -0.2) is 5.11 Å². The summed E-state index contributed by atoms with van der Waals surface area (Å²) >= 11 is 0. The number of hydrogen-bond donors (Lipinski definition) is 1. The molecule has 1 nitrogen and oxygen atoms in total. The number of rotatable bonds is 8. The molecular formula is C31H28OP+. The molecule has 0 atom stereocenters. The first-order valence-electron chi connectivity index (χ1n) is 10.9. The van der Waals surface area contributed by atoms with Crippen LogP contribution in [0.4, 0.5) is 0 Å². The van der Waals surface area contributed by atoms with Gasteiger partial charge in [-0.25, -0.2) is 0 Å². The topological polar surface area (TPSA) is 20.2 Å². The van der Waals surface area contributed by atoms with Gasteiger partial charge in [-0.2, -0.15) is 0 Å². The molecule has 0 amide bonds. The highest BCUT2D eigenvalue weighted by atomic mass is 31.2. The van der Waals surface area contributed by atoms with Gasteiger partial charge < -0.3 is 5.11 Å². The molecule has 0 unspecified atom stereocenters. The molecule has 4 rings (SSSR count). The Balaban J connectivity index is 2.02. The van der Waals surface area contributed by atoms with Crippen molar-refractivity contribution in [3.05, 3.63) is 139 Å². The summed E-state index contributed by atoms with van der Waals surface area (Å²) in [6, 6.07) is 33.8. The molecule has 0 aliphatic carbocycles. The molecule has 0 heterocycles. The van der Waals surface area contributed by atoms with E-state index in [4.69, 9.17) is 0 Å². The Morgan fingerprint density at radius 1 is 0.576 bits per heavy atom. The molecule has 0 spiro atoms. The lowest BCUT2D eigenvalue weighted by Gasteiger charge is -2.28. The van der Waals surface area contributed by atoms with E-state index < -0.39 is 7.26 Å². The molecule has 0 bridgehead atoms. The summed E-state index contributed by atoms with van der Waals surface area (Å²) in [6.45, 7) is 11.8. The van der Waals surface area contributed by atoms with E-state index in [1.54, 1.807) is 6.07 Å². The SMILES string of the molecule is C=Cc1ccc([P+](Cc2cccc(O)c2)(c2ccc(C=C)cc2)c2ccc(C=C)cc2)cc1. The second-order valence-corrected chi connectivity index (χ2v) is 11.5. The van der Waals surface area contributed by atoms with E-state index >= 15 is 0 Å². The Hall–Kier alpha value is -3.67. The van der Waals surface area contributed by atoms with Crippen molar-refractivity contribution in [1.29, 1.82) is 0 Å². The van der Waals surface area contributed by atoms with Crippen LogP contribution < -0.4 is 15.9 Å².